The Hall–Kier alpha value is -3.09. The van der Waals surface area contributed by atoms with Crippen LogP contribution in [0.5, 0.6) is 0 Å². The number of amides is 1. The molecule has 0 unspecified atom stereocenters. The second-order valence-corrected chi connectivity index (χ2v) is 7.30. The van der Waals surface area contributed by atoms with Gasteiger partial charge in [-0.2, -0.15) is 0 Å². The van der Waals surface area contributed by atoms with Gasteiger partial charge in [0, 0.05) is 35.1 Å². The summed E-state index contributed by atoms with van der Waals surface area (Å²) in [7, 11) is 0. The second-order valence-electron chi connectivity index (χ2n) is 7.30. The fourth-order valence-corrected chi connectivity index (χ4v) is 2.74. The molecular formula is C20H23N3O4. The predicted octanol–water partition coefficient (Wildman–Crippen LogP) is 3.74. The third kappa shape index (κ3) is 4.02. The maximum Gasteiger partial charge on any atom is 0.340 e. The molecule has 0 bridgehead atoms. The largest absolute Gasteiger partial charge is 0.452 e. The third-order valence-electron chi connectivity index (χ3n) is 4.22. The van der Waals surface area contributed by atoms with Gasteiger partial charge in [-0.05, 0) is 13.0 Å². The normalized spacial score (nSPS) is 11.6. The van der Waals surface area contributed by atoms with E-state index in [2.05, 4.69) is 10.5 Å². The fraction of sp³-hybridized carbons (Fsp3) is 0.350. The molecule has 7 nitrogen and oxygen atoms in total. The minimum atomic E-state index is -0.540. The topological polar surface area (TPSA) is 86.4 Å². The lowest BCUT2D eigenvalue weighted by atomic mass is 9.92. The number of nitrogens with one attached hydrogen (secondary N) is 1. The lowest BCUT2D eigenvalue weighted by Crippen LogP contribution is -2.20. The molecule has 0 saturated carbocycles. The SMILES string of the molecule is CCn1cc(C(=O)OCC(=O)Nc2cc(C(C)(C)C)no2)c2ccccc21. The van der Waals surface area contributed by atoms with Crippen LogP contribution < -0.4 is 5.32 Å². The molecule has 3 rings (SSSR count). The molecule has 1 amide bonds. The second kappa shape index (κ2) is 7.26. The van der Waals surface area contributed by atoms with E-state index in [0.717, 1.165) is 23.1 Å². The number of hydrogen-bond donors (Lipinski definition) is 1. The van der Waals surface area contributed by atoms with Crippen molar-refractivity contribution in [2.75, 3.05) is 11.9 Å². The maximum atomic E-state index is 12.4. The lowest BCUT2D eigenvalue weighted by molar-refractivity contribution is -0.119. The number of fused-ring (bicyclic) bond motifs is 1. The monoisotopic (exact) mass is 369 g/mol. The first-order chi connectivity index (χ1) is 12.8. The van der Waals surface area contributed by atoms with Crippen LogP contribution in [0.15, 0.2) is 41.1 Å². The van der Waals surface area contributed by atoms with Crippen LogP contribution in [0, 0.1) is 0 Å². The highest BCUT2D eigenvalue weighted by molar-refractivity contribution is 6.05. The molecule has 2 aromatic heterocycles. The van der Waals surface area contributed by atoms with Gasteiger partial charge in [-0.1, -0.05) is 44.1 Å². The molecular weight excluding hydrogens is 346 g/mol. The Morgan fingerprint density at radius 2 is 2.00 bits per heavy atom. The number of rotatable bonds is 5. The number of ether oxygens (including phenoxy) is 1. The minimum Gasteiger partial charge on any atom is -0.452 e. The number of aryl methyl sites for hydroxylation is 1. The summed E-state index contributed by atoms with van der Waals surface area (Å²) in [5.74, 6) is -0.802. The van der Waals surface area contributed by atoms with E-state index in [1.165, 1.54) is 0 Å². The van der Waals surface area contributed by atoms with E-state index in [1.54, 1.807) is 12.3 Å². The van der Waals surface area contributed by atoms with Crippen molar-refractivity contribution in [3.05, 3.63) is 47.8 Å². The highest BCUT2D eigenvalue weighted by Gasteiger charge is 2.21. The van der Waals surface area contributed by atoms with Gasteiger partial charge < -0.3 is 13.8 Å². The van der Waals surface area contributed by atoms with Crippen LogP contribution in [0.25, 0.3) is 10.9 Å². The molecule has 0 aliphatic rings. The van der Waals surface area contributed by atoms with Crippen molar-refractivity contribution >= 4 is 28.7 Å². The summed E-state index contributed by atoms with van der Waals surface area (Å²) in [5, 5.41) is 7.27. The number of carbonyl (C=O) groups is 2. The van der Waals surface area contributed by atoms with Gasteiger partial charge in [-0.25, -0.2) is 4.79 Å². The average molecular weight is 369 g/mol. The van der Waals surface area contributed by atoms with Crippen molar-refractivity contribution in [2.24, 2.45) is 0 Å². The summed E-state index contributed by atoms with van der Waals surface area (Å²) in [6.07, 6.45) is 1.75. The van der Waals surface area contributed by atoms with Crippen molar-refractivity contribution in [3.8, 4) is 0 Å². The zero-order valence-corrected chi connectivity index (χ0v) is 15.9. The van der Waals surface area contributed by atoms with E-state index in [0.29, 0.717) is 5.56 Å². The molecule has 142 valence electrons. The van der Waals surface area contributed by atoms with Crippen molar-refractivity contribution in [1.82, 2.24) is 9.72 Å². The van der Waals surface area contributed by atoms with Gasteiger partial charge in [0.1, 0.15) is 0 Å². The molecule has 0 saturated heterocycles. The number of benzene rings is 1. The molecule has 0 atom stereocenters. The third-order valence-corrected chi connectivity index (χ3v) is 4.22. The number of para-hydroxylation sites is 1. The molecule has 2 heterocycles. The average Bonchev–Trinajstić information content (AvgIpc) is 3.24. The highest BCUT2D eigenvalue weighted by Crippen LogP contribution is 2.24. The summed E-state index contributed by atoms with van der Waals surface area (Å²) >= 11 is 0. The molecule has 27 heavy (non-hydrogen) atoms. The van der Waals surface area contributed by atoms with Gasteiger partial charge in [0.25, 0.3) is 5.91 Å². The lowest BCUT2D eigenvalue weighted by Gasteiger charge is -2.12. The van der Waals surface area contributed by atoms with Crippen molar-refractivity contribution in [1.29, 1.82) is 0 Å². The Morgan fingerprint density at radius 3 is 2.67 bits per heavy atom. The van der Waals surface area contributed by atoms with E-state index >= 15 is 0 Å². The van der Waals surface area contributed by atoms with E-state index < -0.39 is 18.5 Å². The standard InChI is InChI=1S/C20H23N3O4/c1-5-23-11-14(13-8-6-7-9-15(13)23)19(25)26-12-17(24)21-18-10-16(22-27-18)20(2,3)4/h6-11H,5,12H2,1-4H3,(H,21,24). The Bertz CT molecular complexity index is 979. The summed E-state index contributed by atoms with van der Waals surface area (Å²) in [6.45, 7) is 8.30. The number of hydrogen-bond acceptors (Lipinski definition) is 5. The maximum absolute atomic E-state index is 12.4. The van der Waals surface area contributed by atoms with Gasteiger partial charge in [-0.15, -0.1) is 0 Å². The number of carbonyl (C=O) groups excluding carboxylic acids is 2. The van der Waals surface area contributed by atoms with Crippen LogP contribution in [0.2, 0.25) is 0 Å². The molecule has 7 heteroatoms. The molecule has 0 aliphatic heterocycles. The van der Waals surface area contributed by atoms with Gasteiger partial charge in [-0.3, -0.25) is 10.1 Å². The Labute approximate surface area is 157 Å². The Balaban J connectivity index is 1.64. The van der Waals surface area contributed by atoms with Crippen LogP contribution in [0.3, 0.4) is 0 Å². The number of aromatic nitrogens is 2. The first-order valence-electron chi connectivity index (χ1n) is 8.81. The summed E-state index contributed by atoms with van der Waals surface area (Å²) in [6, 6.07) is 9.25. The zero-order chi connectivity index (χ0) is 19.6. The van der Waals surface area contributed by atoms with Crippen LogP contribution in [0.1, 0.15) is 43.7 Å². The van der Waals surface area contributed by atoms with Crippen LogP contribution in [-0.2, 0) is 21.5 Å². The first-order valence-corrected chi connectivity index (χ1v) is 8.81. The molecule has 0 spiro atoms. The van der Waals surface area contributed by atoms with E-state index in [-0.39, 0.29) is 11.3 Å². The van der Waals surface area contributed by atoms with E-state index in [4.69, 9.17) is 9.26 Å². The van der Waals surface area contributed by atoms with Crippen molar-refractivity contribution in [2.45, 2.75) is 39.7 Å². The summed E-state index contributed by atoms with van der Waals surface area (Å²) in [4.78, 5) is 24.5. The van der Waals surface area contributed by atoms with Gasteiger partial charge in [0.2, 0.25) is 5.88 Å². The Morgan fingerprint density at radius 1 is 1.26 bits per heavy atom. The van der Waals surface area contributed by atoms with Gasteiger partial charge >= 0.3 is 5.97 Å². The van der Waals surface area contributed by atoms with E-state index in [9.17, 15) is 9.59 Å². The minimum absolute atomic E-state index is 0.188. The van der Waals surface area contributed by atoms with Gasteiger partial charge in [0.05, 0.1) is 11.3 Å². The first kappa shape index (κ1) is 18.7. The van der Waals surface area contributed by atoms with Crippen molar-refractivity contribution in [3.63, 3.8) is 0 Å². The Kier molecular flexibility index (Phi) is 5.03. The predicted molar refractivity (Wildman–Crippen MR) is 102 cm³/mol. The molecule has 0 aliphatic carbocycles. The quantitative estimate of drug-likeness (QED) is 0.692. The van der Waals surface area contributed by atoms with Crippen LogP contribution in [-0.4, -0.2) is 28.2 Å². The van der Waals surface area contributed by atoms with Crippen LogP contribution >= 0.6 is 0 Å². The number of anilines is 1. The molecule has 1 aromatic carbocycles. The molecule has 3 aromatic rings. The summed E-state index contributed by atoms with van der Waals surface area (Å²) in [5.41, 5.74) is 1.93. The van der Waals surface area contributed by atoms with Crippen molar-refractivity contribution < 1.29 is 18.8 Å². The number of esters is 1. The molecule has 0 radical (unpaired) electrons. The van der Waals surface area contributed by atoms with E-state index in [1.807, 2.05) is 56.5 Å². The van der Waals surface area contributed by atoms with Crippen LogP contribution in [0.4, 0.5) is 5.88 Å². The molecule has 0 fully saturated rings. The number of nitrogens with zero attached hydrogens (tertiary/aromatic N) is 2. The van der Waals surface area contributed by atoms with Gasteiger partial charge in [0.15, 0.2) is 6.61 Å². The smallest absolute Gasteiger partial charge is 0.340 e. The zero-order valence-electron chi connectivity index (χ0n) is 15.9. The fourth-order valence-electron chi connectivity index (χ4n) is 2.74. The molecule has 1 N–H and O–H groups in total. The summed E-state index contributed by atoms with van der Waals surface area (Å²) < 4.78 is 12.2. The highest BCUT2D eigenvalue weighted by atomic mass is 16.5.